The summed E-state index contributed by atoms with van der Waals surface area (Å²) in [5, 5.41) is 8.72. The van der Waals surface area contributed by atoms with Crippen LogP contribution in [0.15, 0.2) is 15.0 Å². The molecule has 0 fully saturated rings. The number of rotatable bonds is 2. The lowest BCUT2D eigenvalue weighted by Crippen LogP contribution is -1.98. The Hall–Kier alpha value is -0.0700. The van der Waals surface area contributed by atoms with Crippen LogP contribution in [0.25, 0.3) is 0 Å². The number of alkyl halides is 2. The van der Waals surface area contributed by atoms with Crippen molar-refractivity contribution in [2.24, 2.45) is 0 Å². The summed E-state index contributed by atoms with van der Waals surface area (Å²) in [6.45, 7) is -0.356. The van der Waals surface area contributed by atoms with Crippen LogP contribution >= 0.6 is 31.9 Å². The summed E-state index contributed by atoms with van der Waals surface area (Å²) in [7, 11) is 0. The number of pyridine rings is 1. The minimum absolute atomic E-state index is 0.213. The summed E-state index contributed by atoms with van der Waals surface area (Å²) in [6.07, 6.45) is -2.66. The van der Waals surface area contributed by atoms with E-state index in [-0.39, 0.29) is 22.5 Å². The van der Waals surface area contributed by atoms with Crippen molar-refractivity contribution in [3.8, 4) is 0 Å². The molecule has 0 aliphatic heterocycles. The first-order chi connectivity index (χ1) is 6.06. The maximum Gasteiger partial charge on any atom is 0.281 e. The Morgan fingerprint density at radius 1 is 1.46 bits per heavy atom. The molecular formula is C7H5Br2F2NO. The van der Waals surface area contributed by atoms with E-state index in [2.05, 4.69) is 36.8 Å². The highest BCUT2D eigenvalue weighted by molar-refractivity contribution is 9.13. The van der Waals surface area contributed by atoms with Crippen LogP contribution in [-0.2, 0) is 6.61 Å². The van der Waals surface area contributed by atoms with Crippen molar-refractivity contribution >= 4 is 31.9 Å². The molecule has 1 N–H and O–H groups in total. The zero-order chi connectivity index (χ0) is 10.0. The molecule has 0 atom stereocenters. The van der Waals surface area contributed by atoms with Gasteiger partial charge < -0.3 is 5.11 Å². The van der Waals surface area contributed by atoms with Gasteiger partial charge in [0.2, 0.25) is 0 Å². The third-order valence-corrected chi connectivity index (χ3v) is 3.35. The summed E-state index contributed by atoms with van der Waals surface area (Å²) in [6, 6.07) is 1.48. The fourth-order valence-corrected chi connectivity index (χ4v) is 1.64. The molecule has 6 heteroatoms. The zero-order valence-electron chi connectivity index (χ0n) is 6.27. The van der Waals surface area contributed by atoms with E-state index in [0.717, 1.165) is 0 Å². The SMILES string of the molecule is OCc1cc(Br)c(Br)c(C(F)F)n1. The van der Waals surface area contributed by atoms with Crippen LogP contribution in [0.4, 0.5) is 8.78 Å². The van der Waals surface area contributed by atoms with Crippen LogP contribution in [0.2, 0.25) is 0 Å². The number of aliphatic hydroxyl groups is 1. The number of halogens is 4. The normalized spacial score (nSPS) is 10.9. The molecule has 1 aromatic rings. The lowest BCUT2D eigenvalue weighted by atomic mass is 10.3. The highest BCUT2D eigenvalue weighted by atomic mass is 79.9. The van der Waals surface area contributed by atoms with E-state index in [0.29, 0.717) is 4.47 Å². The molecule has 0 unspecified atom stereocenters. The molecule has 72 valence electrons. The lowest BCUT2D eigenvalue weighted by molar-refractivity contribution is 0.144. The Kier molecular flexibility index (Phi) is 3.75. The molecule has 1 aromatic heterocycles. The second-order valence-corrected chi connectivity index (χ2v) is 3.90. The number of hydrogen-bond donors (Lipinski definition) is 1. The minimum atomic E-state index is -2.66. The molecule has 0 aliphatic rings. The van der Waals surface area contributed by atoms with Gasteiger partial charge in [-0.05, 0) is 37.9 Å². The Morgan fingerprint density at radius 3 is 2.54 bits per heavy atom. The molecule has 0 aliphatic carbocycles. The standard InChI is InChI=1S/C7H5Br2F2NO/c8-4-1-3(2-13)12-6(5(4)9)7(10)11/h1,7,13H,2H2. The van der Waals surface area contributed by atoms with Crippen molar-refractivity contribution in [1.82, 2.24) is 4.98 Å². The summed E-state index contributed by atoms with van der Waals surface area (Å²) in [5.74, 6) is 0. The maximum absolute atomic E-state index is 12.3. The fraction of sp³-hybridized carbons (Fsp3) is 0.286. The molecule has 13 heavy (non-hydrogen) atoms. The van der Waals surface area contributed by atoms with E-state index in [1.54, 1.807) is 0 Å². The first-order valence-electron chi connectivity index (χ1n) is 3.30. The third-order valence-electron chi connectivity index (χ3n) is 1.36. The van der Waals surface area contributed by atoms with Gasteiger partial charge in [-0.2, -0.15) is 0 Å². The van der Waals surface area contributed by atoms with E-state index in [4.69, 9.17) is 5.11 Å². The highest BCUT2D eigenvalue weighted by Crippen LogP contribution is 2.32. The van der Waals surface area contributed by atoms with Crippen LogP contribution in [0.3, 0.4) is 0 Å². The highest BCUT2D eigenvalue weighted by Gasteiger charge is 2.16. The summed E-state index contributed by atoms with van der Waals surface area (Å²) in [4.78, 5) is 3.57. The van der Waals surface area contributed by atoms with Gasteiger partial charge in [-0.25, -0.2) is 13.8 Å². The lowest BCUT2D eigenvalue weighted by Gasteiger charge is -2.06. The van der Waals surface area contributed by atoms with Crippen molar-refractivity contribution in [1.29, 1.82) is 0 Å². The predicted octanol–water partition coefficient (Wildman–Crippen LogP) is 3.04. The molecule has 1 rings (SSSR count). The predicted molar refractivity (Wildman–Crippen MR) is 50.5 cm³/mol. The Labute approximate surface area is 90.2 Å². The van der Waals surface area contributed by atoms with Gasteiger partial charge >= 0.3 is 0 Å². The molecule has 1 heterocycles. The van der Waals surface area contributed by atoms with Gasteiger partial charge in [0.15, 0.2) is 0 Å². The first kappa shape index (κ1) is 11.0. The second kappa shape index (κ2) is 4.43. The number of aromatic nitrogens is 1. The van der Waals surface area contributed by atoms with Crippen molar-refractivity contribution in [2.75, 3.05) is 0 Å². The molecule has 0 aromatic carbocycles. The molecule has 0 spiro atoms. The van der Waals surface area contributed by atoms with Crippen LogP contribution < -0.4 is 0 Å². The minimum Gasteiger partial charge on any atom is -0.390 e. The van der Waals surface area contributed by atoms with E-state index >= 15 is 0 Å². The van der Waals surface area contributed by atoms with Crippen molar-refractivity contribution < 1.29 is 13.9 Å². The average Bonchev–Trinajstić information content (AvgIpc) is 2.09. The number of nitrogens with zero attached hydrogens (tertiary/aromatic N) is 1. The van der Waals surface area contributed by atoms with E-state index in [9.17, 15) is 8.78 Å². The molecule has 0 amide bonds. The van der Waals surface area contributed by atoms with Gasteiger partial charge in [0.1, 0.15) is 5.69 Å². The van der Waals surface area contributed by atoms with Gasteiger partial charge in [-0.15, -0.1) is 0 Å². The topological polar surface area (TPSA) is 33.1 Å². The number of hydrogen-bond acceptors (Lipinski definition) is 2. The molecular weight excluding hydrogens is 312 g/mol. The van der Waals surface area contributed by atoms with Crippen molar-refractivity contribution in [2.45, 2.75) is 13.0 Å². The summed E-state index contributed by atoms with van der Waals surface area (Å²) in [5.41, 5.74) is -0.149. The fourth-order valence-electron chi connectivity index (χ4n) is 0.794. The van der Waals surface area contributed by atoms with Gasteiger partial charge in [-0.1, -0.05) is 0 Å². The van der Waals surface area contributed by atoms with Crippen LogP contribution in [0, 0.1) is 0 Å². The smallest absolute Gasteiger partial charge is 0.281 e. The molecule has 0 saturated heterocycles. The Balaban J connectivity index is 3.25. The Bertz CT molecular complexity index is 320. The van der Waals surface area contributed by atoms with E-state index in [1.807, 2.05) is 0 Å². The van der Waals surface area contributed by atoms with Gasteiger partial charge in [0.05, 0.1) is 16.8 Å². The molecule has 0 bridgehead atoms. The summed E-state index contributed by atoms with van der Waals surface area (Å²) >= 11 is 6.05. The van der Waals surface area contributed by atoms with Crippen LogP contribution in [0.1, 0.15) is 17.8 Å². The largest absolute Gasteiger partial charge is 0.390 e. The average molecular weight is 317 g/mol. The number of aliphatic hydroxyl groups excluding tert-OH is 1. The second-order valence-electron chi connectivity index (χ2n) is 2.25. The van der Waals surface area contributed by atoms with Crippen molar-refractivity contribution in [3.63, 3.8) is 0 Å². The molecule has 0 saturated carbocycles. The van der Waals surface area contributed by atoms with Gasteiger partial charge in [0, 0.05) is 4.47 Å². The quantitative estimate of drug-likeness (QED) is 0.909. The Morgan fingerprint density at radius 2 is 2.08 bits per heavy atom. The molecule has 2 nitrogen and oxygen atoms in total. The van der Waals surface area contributed by atoms with Crippen LogP contribution in [-0.4, -0.2) is 10.1 Å². The van der Waals surface area contributed by atoms with Crippen LogP contribution in [0.5, 0.6) is 0 Å². The first-order valence-corrected chi connectivity index (χ1v) is 4.88. The monoisotopic (exact) mass is 315 g/mol. The summed E-state index contributed by atoms with van der Waals surface area (Å²) < 4.78 is 25.3. The van der Waals surface area contributed by atoms with Crippen molar-refractivity contribution in [3.05, 3.63) is 26.4 Å². The molecule has 0 radical (unpaired) electrons. The van der Waals surface area contributed by atoms with Gasteiger partial charge in [-0.3, -0.25) is 0 Å². The maximum atomic E-state index is 12.3. The third kappa shape index (κ3) is 2.45. The van der Waals surface area contributed by atoms with E-state index in [1.165, 1.54) is 6.07 Å². The van der Waals surface area contributed by atoms with E-state index < -0.39 is 6.43 Å². The zero-order valence-corrected chi connectivity index (χ0v) is 9.44. The van der Waals surface area contributed by atoms with Gasteiger partial charge in [0.25, 0.3) is 6.43 Å².